The number of carbonyl (C=O) groups excluding carboxylic acids is 1. The Bertz CT molecular complexity index is 808. The molecule has 30 heavy (non-hydrogen) atoms. The van der Waals surface area contributed by atoms with Gasteiger partial charge in [-0.05, 0) is 50.0 Å². The largest absolute Gasteiger partial charge is 0.325 e. The van der Waals surface area contributed by atoms with Crippen molar-refractivity contribution in [1.82, 2.24) is 19.7 Å². The topological polar surface area (TPSA) is 63.1 Å². The minimum Gasteiger partial charge on any atom is -0.325 e. The van der Waals surface area contributed by atoms with Crippen molar-refractivity contribution in [1.29, 1.82) is 0 Å². The first-order valence-electron chi connectivity index (χ1n) is 10.8. The first-order chi connectivity index (χ1) is 14.2. The van der Waals surface area contributed by atoms with E-state index in [9.17, 15) is 4.79 Å². The molecule has 0 aliphatic rings. The third-order valence-electron chi connectivity index (χ3n) is 5.16. The summed E-state index contributed by atoms with van der Waals surface area (Å²) >= 11 is 1.45. The van der Waals surface area contributed by atoms with Crippen molar-refractivity contribution in [2.24, 2.45) is 0 Å². The fraction of sp³-hybridized carbons (Fsp3) is 0.609. The fourth-order valence-corrected chi connectivity index (χ4v) is 4.11. The summed E-state index contributed by atoms with van der Waals surface area (Å²) in [6.07, 6.45) is 3.13. The normalized spacial score (nSPS) is 12.9. The van der Waals surface area contributed by atoms with E-state index in [0.717, 1.165) is 42.5 Å². The molecule has 2 rings (SSSR count). The Hall–Kier alpha value is -1.86. The minimum atomic E-state index is -0.0326. The number of nitrogens with one attached hydrogen (secondary N) is 1. The Balaban J connectivity index is 2.05. The van der Waals surface area contributed by atoms with Crippen LogP contribution in [-0.4, -0.2) is 45.4 Å². The fourth-order valence-electron chi connectivity index (χ4n) is 3.34. The highest BCUT2D eigenvalue weighted by atomic mass is 32.2. The number of hydrogen-bond acceptors (Lipinski definition) is 5. The predicted molar refractivity (Wildman–Crippen MR) is 126 cm³/mol. The maximum Gasteiger partial charge on any atom is 0.234 e. The van der Waals surface area contributed by atoms with Crippen LogP contribution in [0.25, 0.3) is 0 Å². The lowest BCUT2D eigenvalue weighted by atomic mass is 9.87. The number of thioether (sulfide) groups is 1. The average molecular weight is 432 g/mol. The Morgan fingerprint density at radius 3 is 2.37 bits per heavy atom. The van der Waals surface area contributed by atoms with E-state index >= 15 is 0 Å². The van der Waals surface area contributed by atoms with E-state index in [1.165, 1.54) is 17.3 Å². The van der Waals surface area contributed by atoms with Gasteiger partial charge in [0.2, 0.25) is 5.91 Å². The van der Waals surface area contributed by atoms with Gasteiger partial charge in [-0.1, -0.05) is 64.9 Å². The number of aromatic nitrogens is 3. The van der Waals surface area contributed by atoms with Crippen molar-refractivity contribution in [3.63, 3.8) is 0 Å². The monoisotopic (exact) mass is 431 g/mol. The van der Waals surface area contributed by atoms with E-state index in [4.69, 9.17) is 0 Å². The number of amides is 1. The molecular formula is C23H37N5OS. The Morgan fingerprint density at radius 2 is 1.83 bits per heavy atom. The van der Waals surface area contributed by atoms with Crippen LogP contribution in [0.3, 0.4) is 0 Å². The van der Waals surface area contributed by atoms with Crippen LogP contribution in [0.5, 0.6) is 0 Å². The molecule has 0 bridgehead atoms. The molecule has 1 unspecified atom stereocenters. The van der Waals surface area contributed by atoms with Gasteiger partial charge in [-0.3, -0.25) is 9.69 Å². The molecule has 0 saturated carbocycles. The number of hydrogen-bond donors (Lipinski definition) is 1. The van der Waals surface area contributed by atoms with E-state index in [0.29, 0.717) is 5.75 Å². The first-order valence-corrected chi connectivity index (χ1v) is 11.8. The summed E-state index contributed by atoms with van der Waals surface area (Å²) < 4.78 is 2.19. The van der Waals surface area contributed by atoms with E-state index < -0.39 is 0 Å². The number of benzene rings is 1. The highest BCUT2D eigenvalue weighted by Crippen LogP contribution is 2.26. The molecule has 6 nitrogen and oxygen atoms in total. The van der Waals surface area contributed by atoms with E-state index in [1.54, 1.807) is 0 Å². The molecule has 1 aromatic carbocycles. The second-order valence-corrected chi connectivity index (χ2v) is 9.84. The van der Waals surface area contributed by atoms with Gasteiger partial charge >= 0.3 is 0 Å². The van der Waals surface area contributed by atoms with Crippen LogP contribution in [0, 0.1) is 0 Å². The third kappa shape index (κ3) is 6.57. The Kier molecular flexibility index (Phi) is 8.92. The zero-order valence-corrected chi connectivity index (χ0v) is 20.3. The van der Waals surface area contributed by atoms with Crippen LogP contribution in [0.2, 0.25) is 0 Å². The summed E-state index contributed by atoms with van der Waals surface area (Å²) in [4.78, 5) is 14.7. The second-order valence-electron chi connectivity index (χ2n) is 8.90. The zero-order chi connectivity index (χ0) is 22.3. The quantitative estimate of drug-likeness (QED) is 0.529. The molecule has 7 heteroatoms. The molecule has 0 saturated heterocycles. The van der Waals surface area contributed by atoms with Crippen molar-refractivity contribution in [2.45, 2.75) is 77.0 Å². The Morgan fingerprint density at radius 1 is 1.17 bits per heavy atom. The first kappa shape index (κ1) is 24.4. The maximum atomic E-state index is 12.5. The van der Waals surface area contributed by atoms with Crippen LogP contribution in [0.15, 0.2) is 29.4 Å². The number of anilines is 1. The zero-order valence-electron chi connectivity index (χ0n) is 19.5. The molecule has 166 valence electrons. The standard InChI is InChI=1S/C23H37N5OS/c1-8-10-15-28-21(19(9-2)27(6)7)25-26-22(28)30-16-20(29)24-18-13-11-17(12-14-18)23(3,4)5/h11-14,19H,8-10,15-16H2,1-7H3,(H,24,29). The van der Waals surface area contributed by atoms with Crippen molar-refractivity contribution in [3.05, 3.63) is 35.7 Å². The molecule has 1 amide bonds. The van der Waals surface area contributed by atoms with Crippen LogP contribution in [0.4, 0.5) is 5.69 Å². The lowest BCUT2D eigenvalue weighted by molar-refractivity contribution is -0.113. The SMILES string of the molecule is CCCCn1c(SCC(=O)Nc2ccc(C(C)(C)C)cc2)nnc1C(CC)N(C)C. The number of nitrogens with zero attached hydrogens (tertiary/aromatic N) is 4. The molecule has 1 aromatic heterocycles. The van der Waals surface area contributed by atoms with Crippen LogP contribution in [0.1, 0.15) is 71.3 Å². The van der Waals surface area contributed by atoms with E-state index in [2.05, 4.69) is 85.8 Å². The summed E-state index contributed by atoms with van der Waals surface area (Å²) in [5.41, 5.74) is 2.17. The summed E-state index contributed by atoms with van der Waals surface area (Å²) in [6, 6.07) is 8.30. The van der Waals surface area contributed by atoms with Gasteiger partial charge in [0.1, 0.15) is 0 Å². The van der Waals surface area contributed by atoms with Gasteiger partial charge in [-0.25, -0.2) is 0 Å². The lowest BCUT2D eigenvalue weighted by Gasteiger charge is -2.23. The Labute approximate surface area is 185 Å². The predicted octanol–water partition coefficient (Wildman–Crippen LogP) is 5.12. The van der Waals surface area contributed by atoms with Gasteiger partial charge in [0.15, 0.2) is 11.0 Å². The molecule has 2 aromatic rings. The van der Waals surface area contributed by atoms with E-state index in [1.807, 2.05) is 12.1 Å². The van der Waals surface area contributed by atoms with Crippen molar-refractivity contribution in [2.75, 3.05) is 25.2 Å². The second kappa shape index (κ2) is 11.0. The van der Waals surface area contributed by atoms with Gasteiger partial charge in [-0.2, -0.15) is 0 Å². The third-order valence-corrected chi connectivity index (χ3v) is 6.12. The van der Waals surface area contributed by atoms with Crippen molar-refractivity contribution >= 4 is 23.4 Å². The molecular weight excluding hydrogens is 394 g/mol. The van der Waals surface area contributed by atoms with Gasteiger partial charge in [0, 0.05) is 12.2 Å². The van der Waals surface area contributed by atoms with Crippen molar-refractivity contribution < 1.29 is 4.79 Å². The van der Waals surface area contributed by atoms with Gasteiger partial charge in [0.25, 0.3) is 0 Å². The summed E-state index contributed by atoms with van der Waals surface area (Å²) in [5.74, 6) is 1.26. The molecule has 0 radical (unpaired) electrons. The highest BCUT2D eigenvalue weighted by molar-refractivity contribution is 7.99. The average Bonchev–Trinajstić information content (AvgIpc) is 3.07. The number of rotatable bonds is 10. The molecule has 0 fully saturated rings. The van der Waals surface area contributed by atoms with Crippen LogP contribution >= 0.6 is 11.8 Å². The summed E-state index contributed by atoms with van der Waals surface area (Å²) in [5, 5.41) is 12.7. The molecule has 1 atom stereocenters. The number of unbranched alkanes of at least 4 members (excludes halogenated alkanes) is 1. The summed E-state index contributed by atoms with van der Waals surface area (Å²) in [6.45, 7) is 11.8. The molecule has 1 N–H and O–H groups in total. The molecule has 1 heterocycles. The number of carbonyl (C=O) groups is 1. The van der Waals surface area contributed by atoms with Crippen molar-refractivity contribution in [3.8, 4) is 0 Å². The van der Waals surface area contributed by atoms with Gasteiger partial charge < -0.3 is 9.88 Å². The molecule has 0 aliphatic carbocycles. The van der Waals surface area contributed by atoms with E-state index in [-0.39, 0.29) is 17.4 Å². The van der Waals surface area contributed by atoms with Gasteiger partial charge in [0.05, 0.1) is 11.8 Å². The maximum absolute atomic E-state index is 12.5. The highest BCUT2D eigenvalue weighted by Gasteiger charge is 2.22. The smallest absolute Gasteiger partial charge is 0.234 e. The van der Waals surface area contributed by atoms with Crippen LogP contribution < -0.4 is 5.32 Å². The lowest BCUT2D eigenvalue weighted by Crippen LogP contribution is -2.23. The minimum absolute atomic E-state index is 0.0326. The molecule has 0 aliphatic heterocycles. The summed E-state index contributed by atoms with van der Waals surface area (Å²) in [7, 11) is 4.14. The van der Waals surface area contributed by atoms with Crippen LogP contribution in [-0.2, 0) is 16.8 Å². The van der Waals surface area contributed by atoms with Gasteiger partial charge in [-0.15, -0.1) is 10.2 Å². The molecule has 0 spiro atoms.